The van der Waals surface area contributed by atoms with Gasteiger partial charge in [0.25, 0.3) is 5.91 Å². The van der Waals surface area contributed by atoms with Gasteiger partial charge in [-0.05, 0) is 60.5 Å². The molecule has 3 aromatic carbocycles. The molecule has 5 aromatic rings. The number of anilines is 2. The largest absolute Gasteiger partial charge is 0.327 e. The maximum absolute atomic E-state index is 13.7. The Kier molecular flexibility index (Phi) is 7.35. The van der Waals surface area contributed by atoms with Crippen LogP contribution in [0.3, 0.4) is 0 Å². The van der Waals surface area contributed by atoms with Gasteiger partial charge in [0.15, 0.2) is 0 Å². The molecule has 2 aromatic heterocycles. The fourth-order valence-corrected chi connectivity index (χ4v) is 4.96. The summed E-state index contributed by atoms with van der Waals surface area (Å²) in [6, 6.07) is 14.3. The molecule has 1 unspecified atom stereocenters. The van der Waals surface area contributed by atoms with Gasteiger partial charge in [0.05, 0.1) is 41.5 Å². The highest BCUT2D eigenvalue weighted by Crippen LogP contribution is 2.30. The van der Waals surface area contributed by atoms with Crippen molar-refractivity contribution in [3.05, 3.63) is 95.7 Å². The summed E-state index contributed by atoms with van der Waals surface area (Å²) in [4.78, 5) is 51.7. The van der Waals surface area contributed by atoms with Crippen molar-refractivity contribution in [2.45, 2.75) is 25.3 Å². The third kappa shape index (κ3) is 6.10. The van der Waals surface area contributed by atoms with Crippen LogP contribution in [0, 0.1) is 5.82 Å². The molecular weight excluding hydrogens is 555 g/mol. The van der Waals surface area contributed by atoms with Crippen LogP contribution in [0.5, 0.6) is 0 Å². The SMILES string of the molecule is O=C(CCC1=C(C(=O)Nc2ccc3[nH]ncc3c2)C(c2ccc(F)cc2)NC(=O)N1)CC(=O)Nc1ccc2[nH]ncc2c1. The molecule has 6 rings (SSSR count). The Labute approximate surface area is 243 Å². The first-order chi connectivity index (χ1) is 20.8. The lowest BCUT2D eigenvalue weighted by molar-refractivity contribution is -0.125. The number of fused-ring (bicyclic) bond motifs is 2. The molecule has 4 amide bonds. The van der Waals surface area contributed by atoms with E-state index in [4.69, 9.17) is 0 Å². The fourth-order valence-electron chi connectivity index (χ4n) is 4.96. The van der Waals surface area contributed by atoms with Crippen LogP contribution in [-0.4, -0.2) is 44.0 Å². The molecular formula is C30H25FN8O4. The number of amides is 4. The van der Waals surface area contributed by atoms with Gasteiger partial charge in [-0.1, -0.05) is 12.1 Å². The van der Waals surface area contributed by atoms with Crippen molar-refractivity contribution in [3.63, 3.8) is 0 Å². The Morgan fingerprint density at radius 1 is 0.837 bits per heavy atom. The van der Waals surface area contributed by atoms with Gasteiger partial charge < -0.3 is 21.3 Å². The van der Waals surface area contributed by atoms with E-state index in [1.165, 1.54) is 24.3 Å². The van der Waals surface area contributed by atoms with Crippen molar-refractivity contribution in [1.29, 1.82) is 0 Å². The molecule has 0 spiro atoms. The van der Waals surface area contributed by atoms with Gasteiger partial charge in [0.2, 0.25) is 5.91 Å². The van der Waals surface area contributed by atoms with Crippen molar-refractivity contribution in [1.82, 2.24) is 31.0 Å². The van der Waals surface area contributed by atoms with Crippen LogP contribution in [-0.2, 0) is 14.4 Å². The number of rotatable bonds is 9. The molecule has 0 aliphatic carbocycles. The number of Topliss-reactive ketones (excluding diaryl/α,β-unsaturated/α-hetero) is 1. The third-order valence-corrected chi connectivity index (χ3v) is 7.04. The predicted molar refractivity (Wildman–Crippen MR) is 156 cm³/mol. The summed E-state index contributed by atoms with van der Waals surface area (Å²) in [7, 11) is 0. The molecule has 43 heavy (non-hydrogen) atoms. The first-order valence-corrected chi connectivity index (χ1v) is 13.4. The maximum atomic E-state index is 13.7. The number of nitrogens with one attached hydrogen (secondary N) is 6. The number of allylic oxidation sites excluding steroid dienone is 1. The molecule has 0 radical (unpaired) electrons. The van der Waals surface area contributed by atoms with Crippen molar-refractivity contribution < 1.29 is 23.6 Å². The van der Waals surface area contributed by atoms with Crippen LogP contribution in [0.1, 0.15) is 30.9 Å². The molecule has 0 bridgehead atoms. The third-order valence-electron chi connectivity index (χ3n) is 7.04. The van der Waals surface area contributed by atoms with Gasteiger partial charge >= 0.3 is 6.03 Å². The molecule has 0 saturated carbocycles. The number of halogens is 1. The average Bonchev–Trinajstić information content (AvgIpc) is 3.65. The van der Waals surface area contributed by atoms with E-state index in [1.807, 2.05) is 0 Å². The van der Waals surface area contributed by atoms with Crippen molar-refractivity contribution in [2.24, 2.45) is 0 Å². The highest BCUT2D eigenvalue weighted by molar-refractivity contribution is 6.08. The Hall–Kier alpha value is -5.85. The predicted octanol–water partition coefficient (Wildman–Crippen LogP) is 4.20. The van der Waals surface area contributed by atoms with Gasteiger partial charge in [0, 0.05) is 34.3 Å². The molecule has 3 heterocycles. The number of aromatic nitrogens is 4. The standard InChI is InChI=1S/C30H25FN8O4/c31-19-3-1-16(2-4-19)28-27(29(42)35-21-6-9-24-18(12-21)15-33-39-24)25(36-30(43)37-28)10-7-22(40)13-26(41)34-20-5-8-23-17(11-20)14-32-38-23/h1-6,8-9,11-12,14-15,28H,7,10,13H2,(H,32,38)(H,33,39)(H,34,41)(H,35,42)(H2,36,37,43). The summed E-state index contributed by atoms with van der Waals surface area (Å²) in [5.74, 6) is -1.88. The van der Waals surface area contributed by atoms with Crippen LogP contribution < -0.4 is 21.3 Å². The van der Waals surface area contributed by atoms with E-state index in [0.29, 0.717) is 16.9 Å². The number of aromatic amines is 2. The van der Waals surface area contributed by atoms with Crippen molar-refractivity contribution in [3.8, 4) is 0 Å². The zero-order valence-corrected chi connectivity index (χ0v) is 22.5. The van der Waals surface area contributed by atoms with E-state index < -0.39 is 36.1 Å². The Morgan fingerprint density at radius 3 is 2.12 bits per heavy atom. The zero-order chi connectivity index (χ0) is 29.9. The van der Waals surface area contributed by atoms with E-state index in [2.05, 4.69) is 41.7 Å². The van der Waals surface area contributed by atoms with Gasteiger partial charge in [-0.2, -0.15) is 10.2 Å². The number of benzene rings is 3. The maximum Gasteiger partial charge on any atom is 0.319 e. The Balaban J connectivity index is 1.21. The topological polar surface area (TPSA) is 174 Å². The number of nitrogens with zero attached hydrogens (tertiary/aromatic N) is 2. The minimum Gasteiger partial charge on any atom is -0.327 e. The number of hydrogen-bond donors (Lipinski definition) is 6. The summed E-state index contributed by atoms with van der Waals surface area (Å²) in [5.41, 5.74) is 3.47. The van der Waals surface area contributed by atoms with Crippen LogP contribution >= 0.6 is 0 Å². The molecule has 216 valence electrons. The first kappa shape index (κ1) is 27.3. The van der Waals surface area contributed by atoms with Crippen LogP contribution in [0.25, 0.3) is 21.8 Å². The molecule has 1 atom stereocenters. The smallest absolute Gasteiger partial charge is 0.319 e. The van der Waals surface area contributed by atoms with Gasteiger partial charge in [-0.25, -0.2) is 9.18 Å². The second-order valence-corrected chi connectivity index (χ2v) is 10.0. The summed E-state index contributed by atoms with van der Waals surface area (Å²) in [6.45, 7) is 0. The molecule has 12 nitrogen and oxygen atoms in total. The van der Waals surface area contributed by atoms with E-state index in [9.17, 15) is 23.6 Å². The number of H-pyrrole nitrogens is 2. The number of carbonyl (C=O) groups is 4. The normalized spacial score (nSPS) is 14.8. The van der Waals surface area contributed by atoms with E-state index in [0.717, 1.165) is 21.8 Å². The number of urea groups is 1. The molecule has 1 aliphatic heterocycles. The first-order valence-electron chi connectivity index (χ1n) is 13.4. The summed E-state index contributed by atoms with van der Waals surface area (Å²) in [6.07, 6.45) is 2.73. The minimum atomic E-state index is -0.918. The Morgan fingerprint density at radius 2 is 1.47 bits per heavy atom. The lowest BCUT2D eigenvalue weighted by Crippen LogP contribution is -2.46. The molecule has 0 fully saturated rings. The Bertz CT molecular complexity index is 1910. The molecule has 13 heteroatoms. The lowest BCUT2D eigenvalue weighted by atomic mass is 9.92. The zero-order valence-electron chi connectivity index (χ0n) is 22.5. The van der Waals surface area contributed by atoms with E-state index >= 15 is 0 Å². The number of hydrogen-bond acceptors (Lipinski definition) is 6. The average molecular weight is 581 g/mol. The highest BCUT2D eigenvalue weighted by atomic mass is 19.1. The molecule has 0 saturated heterocycles. The number of carbonyl (C=O) groups excluding carboxylic acids is 4. The van der Waals surface area contributed by atoms with E-state index in [-0.39, 0.29) is 29.9 Å². The van der Waals surface area contributed by atoms with Crippen molar-refractivity contribution >= 4 is 56.8 Å². The second kappa shape index (κ2) is 11.6. The lowest BCUT2D eigenvalue weighted by Gasteiger charge is -2.30. The molecule has 6 N–H and O–H groups in total. The highest BCUT2D eigenvalue weighted by Gasteiger charge is 2.33. The quantitative estimate of drug-likeness (QED) is 0.143. The van der Waals surface area contributed by atoms with Crippen LogP contribution in [0.2, 0.25) is 0 Å². The molecule has 1 aliphatic rings. The summed E-state index contributed by atoms with van der Waals surface area (Å²) in [5, 5.41) is 26.1. The summed E-state index contributed by atoms with van der Waals surface area (Å²) < 4.78 is 13.7. The fraction of sp³-hybridized carbons (Fsp3) is 0.133. The van der Waals surface area contributed by atoms with Crippen LogP contribution in [0.15, 0.2) is 84.3 Å². The second-order valence-electron chi connectivity index (χ2n) is 10.0. The van der Waals surface area contributed by atoms with E-state index in [1.54, 1.807) is 48.8 Å². The summed E-state index contributed by atoms with van der Waals surface area (Å²) >= 11 is 0. The van der Waals surface area contributed by atoms with Gasteiger partial charge in [-0.15, -0.1) is 0 Å². The van der Waals surface area contributed by atoms with Crippen LogP contribution in [0.4, 0.5) is 20.6 Å². The number of ketones is 1. The van der Waals surface area contributed by atoms with Gasteiger partial charge in [-0.3, -0.25) is 24.6 Å². The minimum absolute atomic E-state index is 0.0122. The van der Waals surface area contributed by atoms with Crippen molar-refractivity contribution in [2.75, 3.05) is 10.6 Å². The monoisotopic (exact) mass is 580 g/mol. The van der Waals surface area contributed by atoms with Gasteiger partial charge in [0.1, 0.15) is 11.6 Å².